The Balaban J connectivity index is 1.67. The predicted octanol–water partition coefficient (Wildman–Crippen LogP) is 1.16. The number of aliphatic hydroxyl groups excluding tert-OH is 1. The van der Waals surface area contributed by atoms with E-state index in [1.165, 1.54) is 28.8 Å². The highest BCUT2D eigenvalue weighted by molar-refractivity contribution is 7.89. The van der Waals surface area contributed by atoms with Crippen LogP contribution >= 0.6 is 0 Å². The number of piperidine rings is 1. The van der Waals surface area contributed by atoms with E-state index in [0.717, 1.165) is 5.56 Å². The Morgan fingerprint density at radius 3 is 2.70 bits per heavy atom. The van der Waals surface area contributed by atoms with Crippen LogP contribution in [0.15, 0.2) is 41.6 Å². The van der Waals surface area contributed by atoms with Crippen LogP contribution in [0.3, 0.4) is 0 Å². The number of H-pyrrole nitrogens is 1. The van der Waals surface area contributed by atoms with Crippen LogP contribution in [-0.2, 0) is 16.4 Å². The molecule has 0 radical (unpaired) electrons. The number of benzene rings is 1. The molecule has 124 valence electrons. The maximum atomic E-state index is 12.9. The van der Waals surface area contributed by atoms with E-state index in [2.05, 4.69) is 10.2 Å². The Bertz CT molecular complexity index is 747. The van der Waals surface area contributed by atoms with Crippen LogP contribution in [0.5, 0.6) is 0 Å². The molecule has 0 amide bonds. The van der Waals surface area contributed by atoms with Gasteiger partial charge in [-0.1, -0.05) is 12.1 Å². The van der Waals surface area contributed by atoms with Crippen LogP contribution in [0.1, 0.15) is 12.0 Å². The van der Waals surface area contributed by atoms with Crippen molar-refractivity contribution in [1.29, 1.82) is 0 Å². The van der Waals surface area contributed by atoms with Crippen LogP contribution in [0.4, 0.5) is 4.39 Å². The summed E-state index contributed by atoms with van der Waals surface area (Å²) in [6.45, 7) is 0.399. The second-order valence-corrected chi connectivity index (χ2v) is 7.68. The second kappa shape index (κ2) is 6.38. The fourth-order valence-electron chi connectivity index (χ4n) is 2.86. The molecular weight excluding hydrogens is 321 g/mol. The summed E-state index contributed by atoms with van der Waals surface area (Å²) in [5, 5.41) is 16.5. The Morgan fingerprint density at radius 2 is 2.09 bits per heavy atom. The largest absolute Gasteiger partial charge is 0.391 e. The number of aromatic nitrogens is 2. The zero-order valence-electron chi connectivity index (χ0n) is 12.4. The molecule has 1 aliphatic rings. The minimum atomic E-state index is -3.62. The fourth-order valence-corrected chi connectivity index (χ4v) is 4.24. The van der Waals surface area contributed by atoms with Crippen LogP contribution in [0.2, 0.25) is 0 Å². The van der Waals surface area contributed by atoms with Crippen molar-refractivity contribution in [3.8, 4) is 0 Å². The molecule has 0 spiro atoms. The first kappa shape index (κ1) is 16.1. The normalized spacial score (nSPS) is 23.0. The van der Waals surface area contributed by atoms with E-state index in [1.54, 1.807) is 12.1 Å². The summed E-state index contributed by atoms with van der Waals surface area (Å²) in [7, 11) is -3.62. The van der Waals surface area contributed by atoms with Gasteiger partial charge in [0.1, 0.15) is 10.7 Å². The molecule has 8 heteroatoms. The van der Waals surface area contributed by atoms with Crippen molar-refractivity contribution in [2.75, 3.05) is 13.1 Å². The van der Waals surface area contributed by atoms with Crippen molar-refractivity contribution in [2.24, 2.45) is 5.92 Å². The number of rotatable bonds is 4. The number of sulfonamides is 1. The van der Waals surface area contributed by atoms with Crippen molar-refractivity contribution in [2.45, 2.75) is 23.8 Å². The van der Waals surface area contributed by atoms with Gasteiger partial charge in [0.25, 0.3) is 0 Å². The van der Waals surface area contributed by atoms with Gasteiger partial charge in [0.2, 0.25) is 10.0 Å². The van der Waals surface area contributed by atoms with Gasteiger partial charge in [-0.25, -0.2) is 12.8 Å². The second-order valence-electron chi connectivity index (χ2n) is 5.74. The number of β-amino-alcohol motifs (C(OH)–C–C–N with tert-alkyl or cyclic N) is 1. The predicted molar refractivity (Wildman–Crippen MR) is 81.6 cm³/mol. The highest BCUT2D eigenvalue weighted by atomic mass is 32.2. The molecule has 0 bridgehead atoms. The van der Waals surface area contributed by atoms with E-state index in [-0.39, 0.29) is 23.2 Å². The first-order valence-corrected chi connectivity index (χ1v) is 8.82. The molecule has 2 atom stereocenters. The zero-order valence-corrected chi connectivity index (χ0v) is 13.2. The molecule has 1 aromatic carbocycles. The van der Waals surface area contributed by atoms with E-state index in [1.807, 2.05) is 0 Å². The summed E-state index contributed by atoms with van der Waals surface area (Å²) >= 11 is 0. The van der Waals surface area contributed by atoms with E-state index >= 15 is 0 Å². The molecule has 0 aliphatic carbocycles. The van der Waals surface area contributed by atoms with Gasteiger partial charge in [-0.2, -0.15) is 9.40 Å². The fraction of sp³-hybridized carbons (Fsp3) is 0.400. The van der Waals surface area contributed by atoms with Crippen molar-refractivity contribution in [3.63, 3.8) is 0 Å². The van der Waals surface area contributed by atoms with Gasteiger partial charge in [-0.3, -0.25) is 5.10 Å². The quantitative estimate of drug-likeness (QED) is 0.875. The minimum Gasteiger partial charge on any atom is -0.391 e. The van der Waals surface area contributed by atoms with Gasteiger partial charge < -0.3 is 5.11 Å². The third-order valence-corrected chi connectivity index (χ3v) is 6.04. The van der Waals surface area contributed by atoms with Gasteiger partial charge in [0.05, 0.1) is 12.3 Å². The number of hydrogen-bond acceptors (Lipinski definition) is 4. The van der Waals surface area contributed by atoms with E-state index in [0.29, 0.717) is 19.4 Å². The zero-order chi connectivity index (χ0) is 16.4. The SMILES string of the molecule is O=S(=O)(c1cn[nH]c1)N1CC[C@H](Cc2ccc(F)cc2)[C@@H](O)C1. The van der Waals surface area contributed by atoms with E-state index in [4.69, 9.17) is 0 Å². The Hall–Kier alpha value is -1.77. The van der Waals surface area contributed by atoms with Crippen molar-refractivity contribution >= 4 is 10.0 Å². The first-order valence-electron chi connectivity index (χ1n) is 7.38. The van der Waals surface area contributed by atoms with Gasteiger partial charge >= 0.3 is 0 Å². The highest BCUT2D eigenvalue weighted by Crippen LogP contribution is 2.26. The molecule has 0 unspecified atom stereocenters. The first-order chi connectivity index (χ1) is 11.0. The topological polar surface area (TPSA) is 86.3 Å². The molecule has 2 heterocycles. The molecule has 23 heavy (non-hydrogen) atoms. The number of aliphatic hydroxyl groups is 1. The molecule has 1 saturated heterocycles. The lowest BCUT2D eigenvalue weighted by atomic mass is 9.89. The molecule has 1 aliphatic heterocycles. The monoisotopic (exact) mass is 339 g/mol. The lowest BCUT2D eigenvalue weighted by molar-refractivity contribution is 0.0520. The molecule has 2 aromatic rings. The van der Waals surface area contributed by atoms with Crippen LogP contribution < -0.4 is 0 Å². The standard InChI is InChI=1S/C15H18FN3O3S/c16-13-3-1-11(2-4-13)7-12-5-6-19(10-15(12)20)23(21,22)14-8-17-18-9-14/h1-4,8-9,12,15,20H,5-7,10H2,(H,17,18)/t12-,15+/m1/s1. The summed E-state index contributed by atoms with van der Waals surface area (Å²) in [5.41, 5.74) is 0.932. The third kappa shape index (κ3) is 3.44. The molecule has 6 nitrogen and oxygen atoms in total. The summed E-state index contributed by atoms with van der Waals surface area (Å²) < 4.78 is 39.0. The number of aromatic amines is 1. The van der Waals surface area contributed by atoms with Crippen molar-refractivity contribution in [1.82, 2.24) is 14.5 Å². The van der Waals surface area contributed by atoms with Gasteiger partial charge in [-0.05, 0) is 36.5 Å². The van der Waals surface area contributed by atoms with E-state index < -0.39 is 16.1 Å². The highest BCUT2D eigenvalue weighted by Gasteiger charge is 2.35. The molecular formula is C15H18FN3O3S. The molecule has 1 aromatic heterocycles. The number of nitrogens with zero attached hydrogens (tertiary/aromatic N) is 2. The smallest absolute Gasteiger partial charge is 0.246 e. The average molecular weight is 339 g/mol. The van der Waals surface area contributed by atoms with Gasteiger partial charge in [0, 0.05) is 19.3 Å². The molecule has 1 fully saturated rings. The van der Waals surface area contributed by atoms with Crippen molar-refractivity contribution < 1.29 is 17.9 Å². The Morgan fingerprint density at radius 1 is 1.35 bits per heavy atom. The summed E-state index contributed by atoms with van der Waals surface area (Å²) in [4.78, 5) is 0.0988. The van der Waals surface area contributed by atoms with Crippen LogP contribution in [0.25, 0.3) is 0 Å². The molecule has 2 N–H and O–H groups in total. The Labute approximate surface area is 134 Å². The van der Waals surface area contributed by atoms with Gasteiger partial charge in [-0.15, -0.1) is 0 Å². The van der Waals surface area contributed by atoms with Crippen molar-refractivity contribution in [3.05, 3.63) is 48.0 Å². The molecule has 0 saturated carbocycles. The maximum Gasteiger partial charge on any atom is 0.246 e. The third-order valence-electron chi connectivity index (χ3n) is 4.21. The summed E-state index contributed by atoms with van der Waals surface area (Å²) in [5.74, 6) is -0.341. The van der Waals surface area contributed by atoms with Crippen LogP contribution in [-0.4, -0.2) is 47.2 Å². The van der Waals surface area contributed by atoms with Crippen LogP contribution in [0, 0.1) is 11.7 Å². The average Bonchev–Trinajstić information content (AvgIpc) is 3.06. The lowest BCUT2D eigenvalue weighted by Crippen LogP contribution is -2.47. The maximum absolute atomic E-state index is 12.9. The molecule has 3 rings (SSSR count). The van der Waals surface area contributed by atoms with E-state index in [9.17, 15) is 17.9 Å². The minimum absolute atomic E-state index is 0.0451. The number of halogens is 1. The Kier molecular flexibility index (Phi) is 4.47. The number of hydrogen-bond donors (Lipinski definition) is 2. The van der Waals surface area contributed by atoms with Gasteiger partial charge in [0.15, 0.2) is 0 Å². The number of nitrogens with one attached hydrogen (secondary N) is 1. The summed E-state index contributed by atoms with van der Waals surface area (Å²) in [6, 6.07) is 6.16. The summed E-state index contributed by atoms with van der Waals surface area (Å²) in [6.07, 6.45) is 2.98. The lowest BCUT2D eigenvalue weighted by Gasteiger charge is -2.35.